The summed E-state index contributed by atoms with van der Waals surface area (Å²) in [5, 5.41) is 6.04. The Morgan fingerprint density at radius 1 is 1.00 bits per heavy atom. The fourth-order valence-electron chi connectivity index (χ4n) is 3.22. The maximum atomic E-state index is 4.19. The lowest BCUT2D eigenvalue weighted by Crippen LogP contribution is -2.00. The first-order chi connectivity index (χ1) is 10.4. The smallest absolute Gasteiger partial charge is 0.0406 e. The maximum Gasteiger partial charge on any atom is 0.0406 e. The molecule has 0 bridgehead atoms. The second-order valence-electron chi connectivity index (χ2n) is 5.70. The van der Waals surface area contributed by atoms with E-state index in [9.17, 15) is 0 Å². The lowest BCUT2D eigenvalue weighted by Gasteiger charge is -2.10. The molecule has 0 amide bonds. The van der Waals surface area contributed by atoms with Crippen LogP contribution in [0.3, 0.4) is 0 Å². The maximum absolute atomic E-state index is 4.19. The van der Waals surface area contributed by atoms with E-state index < -0.39 is 0 Å². The van der Waals surface area contributed by atoms with Crippen molar-refractivity contribution in [2.75, 3.05) is 5.32 Å². The summed E-state index contributed by atoms with van der Waals surface area (Å²) in [7, 11) is 0. The molecular weight excluding hydrogens is 256 g/mol. The van der Waals surface area contributed by atoms with Crippen molar-refractivity contribution in [3.63, 3.8) is 0 Å². The van der Waals surface area contributed by atoms with Crippen LogP contribution < -0.4 is 5.32 Å². The Hall–Kier alpha value is -2.35. The summed E-state index contributed by atoms with van der Waals surface area (Å²) in [5.74, 6) is 0. The minimum atomic E-state index is 0.847. The predicted octanol–water partition coefficient (Wildman–Crippen LogP) is 4.34. The Labute approximate surface area is 124 Å². The van der Waals surface area contributed by atoms with Gasteiger partial charge in [0.15, 0.2) is 0 Å². The van der Waals surface area contributed by atoms with Crippen molar-refractivity contribution < 1.29 is 0 Å². The number of rotatable bonds is 3. The zero-order valence-corrected chi connectivity index (χ0v) is 12.0. The highest BCUT2D eigenvalue weighted by atomic mass is 14.9. The Morgan fingerprint density at radius 2 is 1.95 bits per heavy atom. The quantitative estimate of drug-likeness (QED) is 0.768. The third-order valence-corrected chi connectivity index (χ3v) is 4.35. The predicted molar refractivity (Wildman–Crippen MR) is 87.5 cm³/mol. The van der Waals surface area contributed by atoms with Crippen molar-refractivity contribution in [2.24, 2.45) is 0 Å². The molecule has 3 aromatic rings. The van der Waals surface area contributed by atoms with E-state index in [1.165, 1.54) is 52.4 Å². The van der Waals surface area contributed by atoms with Gasteiger partial charge < -0.3 is 5.32 Å². The molecule has 0 spiro atoms. The minimum Gasteiger partial charge on any atom is -0.381 e. The molecule has 0 fully saturated rings. The molecule has 1 aliphatic rings. The van der Waals surface area contributed by atoms with Crippen LogP contribution in [0.1, 0.15) is 23.1 Å². The van der Waals surface area contributed by atoms with E-state index >= 15 is 0 Å². The van der Waals surface area contributed by atoms with E-state index in [0.717, 1.165) is 6.54 Å². The Kier molecular flexibility index (Phi) is 3.07. The van der Waals surface area contributed by atoms with Gasteiger partial charge in [-0.1, -0.05) is 24.3 Å². The highest BCUT2D eigenvalue weighted by Gasteiger charge is 2.10. The summed E-state index contributed by atoms with van der Waals surface area (Å²) in [6.07, 6.45) is 7.56. The molecule has 21 heavy (non-hydrogen) atoms. The molecule has 0 aliphatic heterocycles. The van der Waals surface area contributed by atoms with Crippen molar-refractivity contribution in [3.8, 4) is 0 Å². The van der Waals surface area contributed by atoms with Crippen molar-refractivity contribution in [1.82, 2.24) is 4.98 Å². The third kappa shape index (κ3) is 2.38. The molecule has 2 nitrogen and oxygen atoms in total. The molecule has 0 unspecified atom stereocenters. The molecule has 1 aliphatic carbocycles. The first kappa shape index (κ1) is 12.4. The van der Waals surface area contributed by atoms with Gasteiger partial charge in [-0.15, -0.1) is 0 Å². The Balaban J connectivity index is 1.58. The van der Waals surface area contributed by atoms with Crippen LogP contribution in [0.15, 0.2) is 54.9 Å². The second kappa shape index (κ2) is 5.21. The van der Waals surface area contributed by atoms with Gasteiger partial charge in [-0.05, 0) is 59.5 Å². The molecule has 104 valence electrons. The average Bonchev–Trinajstić information content (AvgIpc) is 3.00. The lowest BCUT2D eigenvalue weighted by atomic mass is 10.1. The largest absolute Gasteiger partial charge is 0.381 e. The van der Waals surface area contributed by atoms with Gasteiger partial charge in [0.25, 0.3) is 0 Å². The number of nitrogens with one attached hydrogen (secondary N) is 1. The highest BCUT2D eigenvalue weighted by molar-refractivity contribution is 5.84. The van der Waals surface area contributed by atoms with Gasteiger partial charge in [0.1, 0.15) is 0 Å². The average molecular weight is 274 g/mol. The SMILES string of the molecule is c1cc(CNc2ccc3c(c2)CCC3)c2ccncc2c1. The first-order valence-electron chi connectivity index (χ1n) is 7.57. The standard InChI is InChI=1S/C19H18N2/c1-3-14-7-8-18(11-15(14)4-1)21-13-17-6-2-5-16-12-20-10-9-19(16)17/h2,5-12,21H,1,3-4,13H2. The van der Waals surface area contributed by atoms with Gasteiger partial charge in [0.2, 0.25) is 0 Å². The zero-order valence-electron chi connectivity index (χ0n) is 12.0. The van der Waals surface area contributed by atoms with Crippen LogP contribution in [0.4, 0.5) is 5.69 Å². The summed E-state index contributed by atoms with van der Waals surface area (Å²) in [5.41, 5.74) is 5.58. The van der Waals surface area contributed by atoms with Crippen LogP contribution in [-0.4, -0.2) is 4.98 Å². The van der Waals surface area contributed by atoms with E-state index in [4.69, 9.17) is 0 Å². The molecule has 2 heteroatoms. The molecule has 1 N–H and O–H groups in total. The number of aryl methyl sites for hydroxylation is 2. The molecule has 0 saturated heterocycles. The van der Waals surface area contributed by atoms with Crippen LogP contribution in [0, 0.1) is 0 Å². The topological polar surface area (TPSA) is 24.9 Å². The summed E-state index contributed by atoms with van der Waals surface area (Å²) in [6.45, 7) is 0.847. The lowest BCUT2D eigenvalue weighted by molar-refractivity contribution is 0.912. The van der Waals surface area contributed by atoms with Crippen molar-refractivity contribution >= 4 is 16.5 Å². The molecule has 0 saturated carbocycles. The summed E-state index contributed by atoms with van der Waals surface area (Å²) >= 11 is 0. The molecule has 4 rings (SSSR count). The van der Waals surface area contributed by atoms with Gasteiger partial charge in [-0.2, -0.15) is 0 Å². The second-order valence-corrected chi connectivity index (χ2v) is 5.70. The molecular formula is C19H18N2. The molecule has 1 heterocycles. The summed E-state index contributed by atoms with van der Waals surface area (Å²) < 4.78 is 0. The van der Waals surface area contributed by atoms with E-state index in [-0.39, 0.29) is 0 Å². The Bertz CT molecular complexity index is 787. The third-order valence-electron chi connectivity index (χ3n) is 4.35. The number of aromatic nitrogens is 1. The molecule has 2 aromatic carbocycles. The van der Waals surface area contributed by atoms with E-state index in [2.05, 4.69) is 52.8 Å². The minimum absolute atomic E-state index is 0.847. The number of hydrogen-bond donors (Lipinski definition) is 1. The van der Waals surface area contributed by atoms with Gasteiger partial charge in [0, 0.05) is 30.0 Å². The summed E-state index contributed by atoms with van der Waals surface area (Å²) in [6, 6.07) is 15.3. The number of nitrogens with zero attached hydrogens (tertiary/aromatic N) is 1. The monoisotopic (exact) mass is 274 g/mol. The summed E-state index contributed by atoms with van der Waals surface area (Å²) in [4.78, 5) is 4.19. The molecule has 0 atom stereocenters. The van der Waals surface area contributed by atoms with E-state index in [1.807, 2.05) is 12.4 Å². The first-order valence-corrected chi connectivity index (χ1v) is 7.57. The van der Waals surface area contributed by atoms with E-state index in [0.29, 0.717) is 0 Å². The van der Waals surface area contributed by atoms with Crippen LogP contribution in [0.2, 0.25) is 0 Å². The fourth-order valence-corrected chi connectivity index (χ4v) is 3.22. The van der Waals surface area contributed by atoms with Crippen LogP contribution in [0.25, 0.3) is 10.8 Å². The number of pyridine rings is 1. The highest BCUT2D eigenvalue weighted by Crippen LogP contribution is 2.25. The van der Waals surface area contributed by atoms with Crippen molar-refractivity contribution in [2.45, 2.75) is 25.8 Å². The van der Waals surface area contributed by atoms with Crippen LogP contribution in [0.5, 0.6) is 0 Å². The Morgan fingerprint density at radius 3 is 2.95 bits per heavy atom. The zero-order chi connectivity index (χ0) is 14.1. The van der Waals surface area contributed by atoms with Gasteiger partial charge in [-0.25, -0.2) is 0 Å². The van der Waals surface area contributed by atoms with Crippen molar-refractivity contribution in [3.05, 3.63) is 71.5 Å². The van der Waals surface area contributed by atoms with Crippen molar-refractivity contribution in [1.29, 1.82) is 0 Å². The number of benzene rings is 2. The van der Waals surface area contributed by atoms with Crippen LogP contribution in [-0.2, 0) is 19.4 Å². The van der Waals surface area contributed by atoms with Gasteiger partial charge in [0.05, 0.1) is 0 Å². The van der Waals surface area contributed by atoms with Gasteiger partial charge >= 0.3 is 0 Å². The van der Waals surface area contributed by atoms with Crippen LogP contribution >= 0.6 is 0 Å². The molecule has 0 radical (unpaired) electrons. The van der Waals surface area contributed by atoms with E-state index in [1.54, 1.807) is 0 Å². The fraction of sp³-hybridized carbons (Fsp3) is 0.211. The number of hydrogen-bond acceptors (Lipinski definition) is 2. The number of fused-ring (bicyclic) bond motifs is 2. The van der Waals surface area contributed by atoms with Gasteiger partial charge in [-0.3, -0.25) is 4.98 Å². The number of anilines is 1. The molecule has 1 aromatic heterocycles. The normalized spacial score (nSPS) is 13.3.